The highest BCUT2D eigenvalue weighted by Crippen LogP contribution is 2.20. The van der Waals surface area contributed by atoms with Crippen LogP contribution in [0, 0.1) is 0 Å². The molecule has 8 heteroatoms. The van der Waals surface area contributed by atoms with Crippen LogP contribution in [0.2, 0.25) is 0 Å². The van der Waals surface area contributed by atoms with E-state index in [-0.39, 0.29) is 6.42 Å². The summed E-state index contributed by atoms with van der Waals surface area (Å²) in [6.45, 7) is 5.95. The number of carbonyl (C=O) groups is 2. The first-order chi connectivity index (χ1) is 9.27. The van der Waals surface area contributed by atoms with Gasteiger partial charge in [-0.2, -0.15) is 4.31 Å². The maximum atomic E-state index is 11.9. The highest BCUT2D eigenvalue weighted by Gasteiger charge is 2.37. The third-order valence-electron chi connectivity index (χ3n) is 2.96. The summed E-state index contributed by atoms with van der Waals surface area (Å²) < 4.78 is 24.1. The van der Waals surface area contributed by atoms with Crippen LogP contribution >= 0.6 is 0 Å². The molecule has 20 heavy (non-hydrogen) atoms. The third-order valence-corrected chi connectivity index (χ3v) is 4.24. The largest absolute Gasteiger partial charge is 0.480 e. The number of aliphatic carboxylic acids is 1. The molecular formula is C12H24N2O5S. The summed E-state index contributed by atoms with van der Waals surface area (Å²) in [5, 5.41) is 11.2. The van der Waals surface area contributed by atoms with Crippen LogP contribution in [-0.2, 0) is 19.6 Å². The van der Waals surface area contributed by atoms with Gasteiger partial charge in [0, 0.05) is 6.54 Å². The van der Waals surface area contributed by atoms with Crippen molar-refractivity contribution in [1.82, 2.24) is 9.62 Å². The van der Waals surface area contributed by atoms with Crippen LogP contribution in [0.15, 0.2) is 0 Å². The van der Waals surface area contributed by atoms with Crippen LogP contribution in [0.3, 0.4) is 0 Å². The second-order valence-electron chi connectivity index (χ2n) is 4.34. The number of sulfonamides is 1. The molecule has 0 bridgehead atoms. The summed E-state index contributed by atoms with van der Waals surface area (Å²) >= 11 is 0. The van der Waals surface area contributed by atoms with Crippen molar-refractivity contribution in [2.75, 3.05) is 12.8 Å². The van der Waals surface area contributed by atoms with E-state index in [1.54, 1.807) is 6.92 Å². The second kappa shape index (κ2) is 8.21. The SMILES string of the molecule is CC.CC[C@H](NC(=O)C1CCCN1S(C)(=O)=O)C(=O)O. The maximum Gasteiger partial charge on any atom is 0.326 e. The van der Waals surface area contributed by atoms with Crippen molar-refractivity contribution in [3.8, 4) is 0 Å². The summed E-state index contributed by atoms with van der Waals surface area (Å²) in [6.07, 6.45) is 2.34. The normalized spacial score (nSPS) is 20.7. The summed E-state index contributed by atoms with van der Waals surface area (Å²) in [5.74, 6) is -1.65. The highest BCUT2D eigenvalue weighted by molar-refractivity contribution is 7.88. The average Bonchev–Trinajstić information content (AvgIpc) is 2.86. The number of amides is 1. The average molecular weight is 308 g/mol. The maximum absolute atomic E-state index is 11.9. The fourth-order valence-electron chi connectivity index (χ4n) is 2.01. The van der Waals surface area contributed by atoms with Crippen molar-refractivity contribution in [1.29, 1.82) is 0 Å². The van der Waals surface area contributed by atoms with Crippen molar-refractivity contribution < 1.29 is 23.1 Å². The van der Waals surface area contributed by atoms with Crippen LogP contribution < -0.4 is 5.32 Å². The van der Waals surface area contributed by atoms with Gasteiger partial charge in [0.05, 0.1) is 6.26 Å². The molecule has 1 heterocycles. The van der Waals surface area contributed by atoms with E-state index in [0.29, 0.717) is 19.4 Å². The number of rotatable bonds is 5. The van der Waals surface area contributed by atoms with E-state index >= 15 is 0 Å². The lowest BCUT2D eigenvalue weighted by atomic mass is 10.2. The molecule has 7 nitrogen and oxygen atoms in total. The number of hydrogen-bond donors (Lipinski definition) is 2. The monoisotopic (exact) mass is 308 g/mol. The minimum atomic E-state index is -3.43. The number of hydrogen-bond acceptors (Lipinski definition) is 4. The zero-order valence-electron chi connectivity index (χ0n) is 12.4. The van der Waals surface area contributed by atoms with Crippen LogP contribution in [0.5, 0.6) is 0 Å². The Morgan fingerprint density at radius 1 is 1.40 bits per heavy atom. The molecule has 0 aliphatic carbocycles. The van der Waals surface area contributed by atoms with Gasteiger partial charge in [0.1, 0.15) is 12.1 Å². The molecule has 0 aromatic rings. The topological polar surface area (TPSA) is 104 Å². The van der Waals surface area contributed by atoms with Crippen molar-refractivity contribution in [3.63, 3.8) is 0 Å². The molecule has 2 N–H and O–H groups in total. The Bertz CT molecular complexity index is 435. The Morgan fingerprint density at radius 3 is 2.35 bits per heavy atom. The quantitative estimate of drug-likeness (QED) is 0.766. The van der Waals surface area contributed by atoms with Gasteiger partial charge < -0.3 is 10.4 Å². The summed E-state index contributed by atoms with van der Waals surface area (Å²) in [5.41, 5.74) is 0. The van der Waals surface area contributed by atoms with Gasteiger partial charge in [-0.3, -0.25) is 4.79 Å². The van der Waals surface area contributed by atoms with Gasteiger partial charge in [0.2, 0.25) is 15.9 Å². The summed E-state index contributed by atoms with van der Waals surface area (Å²) in [7, 11) is -3.43. The molecule has 0 saturated carbocycles. The van der Waals surface area contributed by atoms with E-state index in [4.69, 9.17) is 5.11 Å². The number of nitrogens with zero attached hydrogens (tertiary/aromatic N) is 1. The van der Waals surface area contributed by atoms with Gasteiger partial charge in [-0.15, -0.1) is 0 Å². The molecule has 0 aromatic carbocycles. The first-order valence-electron chi connectivity index (χ1n) is 6.77. The zero-order valence-corrected chi connectivity index (χ0v) is 13.2. The van der Waals surface area contributed by atoms with E-state index in [0.717, 1.165) is 10.6 Å². The van der Waals surface area contributed by atoms with E-state index < -0.39 is 34.0 Å². The molecule has 1 unspecified atom stereocenters. The number of nitrogens with one attached hydrogen (secondary N) is 1. The Balaban J connectivity index is 0.00000172. The smallest absolute Gasteiger partial charge is 0.326 e. The Hall–Kier alpha value is -1.15. The molecule has 1 aliphatic rings. The van der Waals surface area contributed by atoms with E-state index in [9.17, 15) is 18.0 Å². The van der Waals surface area contributed by atoms with Gasteiger partial charge in [-0.25, -0.2) is 13.2 Å². The lowest BCUT2D eigenvalue weighted by molar-refractivity contribution is -0.142. The lowest BCUT2D eigenvalue weighted by Crippen LogP contribution is -2.50. The molecule has 1 amide bonds. The summed E-state index contributed by atoms with van der Waals surface area (Å²) in [6, 6.07) is -1.76. The van der Waals surface area contributed by atoms with Gasteiger partial charge in [-0.05, 0) is 19.3 Å². The Morgan fingerprint density at radius 2 is 1.95 bits per heavy atom. The number of carboxylic acid groups (broad SMARTS) is 1. The van der Waals surface area contributed by atoms with Crippen molar-refractivity contribution >= 4 is 21.9 Å². The molecule has 1 fully saturated rings. The first-order valence-corrected chi connectivity index (χ1v) is 8.62. The summed E-state index contributed by atoms with van der Waals surface area (Å²) in [4.78, 5) is 22.7. The molecule has 118 valence electrons. The van der Waals surface area contributed by atoms with Crippen molar-refractivity contribution in [2.24, 2.45) is 0 Å². The zero-order chi connectivity index (χ0) is 15.9. The molecule has 0 aromatic heterocycles. The van der Waals surface area contributed by atoms with Crippen molar-refractivity contribution in [3.05, 3.63) is 0 Å². The van der Waals surface area contributed by atoms with Gasteiger partial charge in [-0.1, -0.05) is 20.8 Å². The minimum absolute atomic E-state index is 0.257. The van der Waals surface area contributed by atoms with E-state index in [2.05, 4.69) is 5.32 Å². The predicted molar refractivity (Wildman–Crippen MR) is 75.8 cm³/mol. The Labute approximate surface area is 120 Å². The highest BCUT2D eigenvalue weighted by atomic mass is 32.2. The van der Waals surface area contributed by atoms with Gasteiger partial charge in [0.15, 0.2) is 0 Å². The van der Waals surface area contributed by atoms with Crippen molar-refractivity contribution in [2.45, 2.75) is 52.1 Å². The molecule has 0 spiro atoms. The number of carbonyl (C=O) groups excluding carboxylic acids is 1. The fourth-order valence-corrected chi connectivity index (χ4v) is 3.13. The Kier molecular flexibility index (Phi) is 7.74. The first kappa shape index (κ1) is 18.9. The molecule has 1 rings (SSSR count). The standard InChI is InChI=1S/C10H18N2O5S.C2H6/c1-3-7(10(14)15)11-9(13)8-5-4-6-12(8)18(2,16)17;1-2/h7-8H,3-6H2,1-2H3,(H,11,13)(H,14,15);1-2H3/t7-,8?;/m0./s1. The molecule has 2 atom stereocenters. The molecule has 1 aliphatic heterocycles. The number of carboxylic acids is 1. The second-order valence-corrected chi connectivity index (χ2v) is 6.27. The van der Waals surface area contributed by atoms with E-state index in [1.807, 2.05) is 13.8 Å². The van der Waals surface area contributed by atoms with Gasteiger partial charge >= 0.3 is 5.97 Å². The molecular weight excluding hydrogens is 284 g/mol. The molecule has 0 radical (unpaired) electrons. The molecule has 1 saturated heterocycles. The van der Waals surface area contributed by atoms with Crippen LogP contribution in [0.25, 0.3) is 0 Å². The predicted octanol–water partition coefficient (Wildman–Crippen LogP) is 0.416. The van der Waals surface area contributed by atoms with E-state index in [1.165, 1.54) is 0 Å². The van der Waals surface area contributed by atoms with Crippen LogP contribution in [0.1, 0.15) is 40.0 Å². The third kappa shape index (κ3) is 5.09. The van der Waals surface area contributed by atoms with Crippen LogP contribution in [-0.4, -0.2) is 54.6 Å². The minimum Gasteiger partial charge on any atom is -0.480 e. The lowest BCUT2D eigenvalue weighted by Gasteiger charge is -2.23. The fraction of sp³-hybridized carbons (Fsp3) is 0.833. The van der Waals surface area contributed by atoms with Crippen LogP contribution in [0.4, 0.5) is 0 Å². The van der Waals surface area contributed by atoms with Gasteiger partial charge in [0.25, 0.3) is 0 Å².